The third kappa shape index (κ3) is 2.15. The molecule has 0 saturated carbocycles. The highest BCUT2D eigenvalue weighted by atomic mass is 16.7. The van der Waals surface area contributed by atoms with Crippen molar-refractivity contribution in [3.05, 3.63) is 0 Å². The Morgan fingerprint density at radius 3 is 2.64 bits per heavy atom. The molecule has 14 heavy (non-hydrogen) atoms. The molecule has 0 bridgehead atoms. The van der Waals surface area contributed by atoms with Gasteiger partial charge in [0.25, 0.3) is 0 Å². The van der Waals surface area contributed by atoms with Crippen LogP contribution in [-0.2, 0) is 14.3 Å². The van der Waals surface area contributed by atoms with Crippen molar-refractivity contribution in [2.75, 3.05) is 13.2 Å². The van der Waals surface area contributed by atoms with Crippen molar-refractivity contribution in [1.29, 1.82) is 0 Å². The van der Waals surface area contributed by atoms with Crippen molar-refractivity contribution < 1.29 is 14.3 Å². The van der Waals surface area contributed by atoms with Crippen LogP contribution in [0.2, 0.25) is 0 Å². The second-order valence-corrected chi connectivity index (χ2v) is 4.29. The molecule has 2 aliphatic rings. The molecule has 2 atom stereocenters. The molecule has 0 aromatic carbocycles. The van der Waals surface area contributed by atoms with E-state index in [1.807, 2.05) is 0 Å². The van der Waals surface area contributed by atoms with Crippen LogP contribution in [0.15, 0.2) is 0 Å². The Kier molecular flexibility index (Phi) is 3.19. The van der Waals surface area contributed by atoms with Crippen LogP contribution in [0.1, 0.15) is 38.5 Å². The maximum absolute atomic E-state index is 10.7. The summed E-state index contributed by atoms with van der Waals surface area (Å²) in [6, 6.07) is 0. The highest BCUT2D eigenvalue weighted by Gasteiger charge is 2.36. The molecular weight excluding hydrogens is 180 g/mol. The number of aldehydes is 1. The summed E-state index contributed by atoms with van der Waals surface area (Å²) in [5.74, 6) is -0.157. The number of hydrogen-bond donors (Lipinski definition) is 0. The third-order valence-electron chi connectivity index (χ3n) is 3.26. The van der Waals surface area contributed by atoms with E-state index in [1.165, 1.54) is 6.42 Å². The minimum absolute atomic E-state index is 0.180. The first-order chi connectivity index (χ1) is 6.85. The fourth-order valence-corrected chi connectivity index (χ4v) is 2.29. The number of carbonyl (C=O) groups is 1. The molecule has 0 aromatic rings. The van der Waals surface area contributed by atoms with Gasteiger partial charge in [-0.1, -0.05) is 0 Å². The summed E-state index contributed by atoms with van der Waals surface area (Å²) in [4.78, 5) is 10.7. The molecule has 2 fully saturated rings. The van der Waals surface area contributed by atoms with E-state index in [2.05, 4.69) is 0 Å². The van der Waals surface area contributed by atoms with Gasteiger partial charge in [-0.05, 0) is 25.7 Å². The van der Waals surface area contributed by atoms with Crippen LogP contribution in [0.4, 0.5) is 0 Å². The first-order valence-electron chi connectivity index (χ1n) is 5.58. The quantitative estimate of drug-likeness (QED) is 0.604. The number of carbonyl (C=O) groups excluding carboxylic acids is 1. The molecule has 2 rings (SSSR count). The Morgan fingerprint density at radius 1 is 1.07 bits per heavy atom. The van der Waals surface area contributed by atoms with E-state index < -0.39 is 0 Å². The zero-order valence-corrected chi connectivity index (χ0v) is 8.54. The van der Waals surface area contributed by atoms with Crippen molar-refractivity contribution in [2.24, 2.45) is 5.92 Å². The molecule has 0 N–H and O–H groups in total. The Morgan fingerprint density at radius 2 is 1.93 bits per heavy atom. The Labute approximate surface area is 84.8 Å². The highest BCUT2D eigenvalue weighted by Crippen LogP contribution is 2.34. The van der Waals surface area contributed by atoms with E-state index in [0.29, 0.717) is 6.61 Å². The Hall–Kier alpha value is -0.410. The molecule has 0 aliphatic carbocycles. The van der Waals surface area contributed by atoms with Gasteiger partial charge in [0.2, 0.25) is 0 Å². The molecule has 2 unspecified atom stereocenters. The zero-order valence-electron chi connectivity index (χ0n) is 8.54. The molecule has 0 radical (unpaired) electrons. The predicted molar refractivity (Wildman–Crippen MR) is 51.9 cm³/mol. The van der Waals surface area contributed by atoms with Crippen LogP contribution in [0, 0.1) is 5.92 Å². The lowest BCUT2D eigenvalue weighted by atomic mass is 9.95. The average Bonchev–Trinajstić information content (AvgIpc) is 2.42. The van der Waals surface area contributed by atoms with Crippen LogP contribution in [0.5, 0.6) is 0 Å². The summed E-state index contributed by atoms with van der Waals surface area (Å²) in [5, 5.41) is 0. The van der Waals surface area contributed by atoms with Crippen LogP contribution in [0.25, 0.3) is 0 Å². The molecule has 2 heterocycles. The molecule has 3 heteroatoms. The lowest BCUT2D eigenvalue weighted by molar-refractivity contribution is -0.254. The maximum Gasteiger partial charge on any atom is 0.168 e. The van der Waals surface area contributed by atoms with Gasteiger partial charge in [-0.3, -0.25) is 0 Å². The lowest BCUT2D eigenvalue weighted by Crippen LogP contribution is -2.38. The highest BCUT2D eigenvalue weighted by molar-refractivity contribution is 5.53. The minimum Gasteiger partial charge on any atom is -0.350 e. The summed E-state index contributed by atoms with van der Waals surface area (Å²) < 4.78 is 11.5. The van der Waals surface area contributed by atoms with E-state index in [1.54, 1.807) is 0 Å². The van der Waals surface area contributed by atoms with Gasteiger partial charge in [0.05, 0.1) is 13.2 Å². The predicted octanol–water partition coefficient (Wildman–Crippen LogP) is 1.90. The molecule has 0 amide bonds. The van der Waals surface area contributed by atoms with E-state index in [9.17, 15) is 4.79 Å². The second-order valence-electron chi connectivity index (χ2n) is 4.29. The van der Waals surface area contributed by atoms with Gasteiger partial charge < -0.3 is 14.3 Å². The molecule has 3 nitrogen and oxygen atoms in total. The summed E-state index contributed by atoms with van der Waals surface area (Å²) in [5.41, 5.74) is 0. The standard InChI is InChI=1S/C11H18O3/c12-9-10-3-6-11(14-8-4-10)5-1-2-7-13-11/h9-10H,1-8H2. The smallest absolute Gasteiger partial charge is 0.168 e. The van der Waals surface area contributed by atoms with Gasteiger partial charge in [0, 0.05) is 18.8 Å². The van der Waals surface area contributed by atoms with Crippen LogP contribution in [0.3, 0.4) is 0 Å². The van der Waals surface area contributed by atoms with Crippen LogP contribution >= 0.6 is 0 Å². The van der Waals surface area contributed by atoms with Crippen LogP contribution < -0.4 is 0 Å². The second kappa shape index (κ2) is 4.41. The monoisotopic (exact) mass is 198 g/mol. The summed E-state index contributed by atoms with van der Waals surface area (Å²) in [6.07, 6.45) is 7.05. The molecule has 1 spiro atoms. The number of ether oxygens (including phenoxy) is 2. The van der Waals surface area contributed by atoms with Crippen molar-refractivity contribution in [3.8, 4) is 0 Å². The maximum atomic E-state index is 10.7. The molecule has 2 saturated heterocycles. The Balaban J connectivity index is 1.95. The SMILES string of the molecule is O=CC1CCOC2(CCCCO2)CC1. The summed E-state index contributed by atoms with van der Waals surface area (Å²) >= 11 is 0. The van der Waals surface area contributed by atoms with Gasteiger partial charge >= 0.3 is 0 Å². The van der Waals surface area contributed by atoms with Gasteiger partial charge in [-0.15, -0.1) is 0 Å². The van der Waals surface area contributed by atoms with E-state index in [4.69, 9.17) is 9.47 Å². The minimum atomic E-state index is -0.337. The molecule has 2 aliphatic heterocycles. The Bertz CT molecular complexity index is 197. The van der Waals surface area contributed by atoms with E-state index >= 15 is 0 Å². The summed E-state index contributed by atoms with van der Waals surface area (Å²) in [7, 11) is 0. The van der Waals surface area contributed by atoms with Crippen molar-refractivity contribution in [2.45, 2.75) is 44.3 Å². The van der Waals surface area contributed by atoms with Crippen molar-refractivity contribution in [1.82, 2.24) is 0 Å². The normalized spacial score (nSPS) is 39.3. The zero-order chi connectivity index (χ0) is 9.86. The molecule has 80 valence electrons. The third-order valence-corrected chi connectivity index (χ3v) is 3.26. The number of hydrogen-bond acceptors (Lipinski definition) is 3. The molecular formula is C11H18O3. The summed E-state index contributed by atoms with van der Waals surface area (Å²) in [6.45, 7) is 1.48. The first-order valence-corrected chi connectivity index (χ1v) is 5.58. The average molecular weight is 198 g/mol. The van der Waals surface area contributed by atoms with Gasteiger partial charge in [-0.2, -0.15) is 0 Å². The fraction of sp³-hybridized carbons (Fsp3) is 0.909. The van der Waals surface area contributed by atoms with Gasteiger partial charge in [0.15, 0.2) is 5.79 Å². The van der Waals surface area contributed by atoms with Crippen LogP contribution in [-0.4, -0.2) is 25.3 Å². The van der Waals surface area contributed by atoms with Crippen molar-refractivity contribution in [3.63, 3.8) is 0 Å². The molecule has 0 aromatic heterocycles. The largest absolute Gasteiger partial charge is 0.350 e. The van der Waals surface area contributed by atoms with E-state index in [-0.39, 0.29) is 11.7 Å². The van der Waals surface area contributed by atoms with E-state index in [0.717, 1.165) is 45.0 Å². The van der Waals surface area contributed by atoms with Crippen molar-refractivity contribution >= 4 is 6.29 Å². The lowest BCUT2D eigenvalue weighted by Gasteiger charge is -2.36. The topological polar surface area (TPSA) is 35.5 Å². The van der Waals surface area contributed by atoms with Gasteiger partial charge in [0.1, 0.15) is 6.29 Å². The first kappa shape index (κ1) is 10.1. The fourth-order valence-electron chi connectivity index (χ4n) is 2.29. The number of rotatable bonds is 1. The van der Waals surface area contributed by atoms with Gasteiger partial charge in [-0.25, -0.2) is 0 Å².